The quantitative estimate of drug-likeness (QED) is 0.362. The van der Waals surface area contributed by atoms with Crippen LogP contribution in [0.2, 0.25) is 0 Å². The van der Waals surface area contributed by atoms with E-state index in [-0.39, 0.29) is 0 Å². The van der Waals surface area contributed by atoms with Gasteiger partial charge in [-0.3, -0.25) is 0 Å². The van der Waals surface area contributed by atoms with E-state index in [2.05, 4.69) is 24.4 Å². The number of thiol groups is 1. The van der Waals surface area contributed by atoms with Crippen LogP contribution in [-0.4, -0.2) is 17.7 Å². The van der Waals surface area contributed by atoms with Crippen LogP contribution in [0.1, 0.15) is 13.3 Å². The first-order valence-corrected chi connectivity index (χ1v) is 3.20. The lowest BCUT2D eigenvalue weighted by Gasteiger charge is -1.99. The smallest absolute Gasteiger partial charge is 0.100 e. The predicted octanol–water partition coefficient (Wildman–Crippen LogP) is 1.72. The number of hydrogen-bond acceptors (Lipinski definition) is 2. The van der Waals surface area contributed by atoms with Gasteiger partial charge in [0, 0.05) is 12.7 Å². The molecule has 0 unspecified atom stereocenters. The number of nitrogens with zero attached hydrogens (tertiary/aromatic N) is 2. The van der Waals surface area contributed by atoms with Gasteiger partial charge in [0.25, 0.3) is 0 Å². The van der Waals surface area contributed by atoms with Gasteiger partial charge < -0.3 is 4.31 Å². The zero-order valence-corrected chi connectivity index (χ0v) is 6.73. The van der Waals surface area contributed by atoms with E-state index in [4.69, 9.17) is 0 Å². The molecule has 3 heteroatoms. The summed E-state index contributed by atoms with van der Waals surface area (Å²) >= 11 is 3.95. The third-order valence-electron chi connectivity index (χ3n) is 0.816. The molecule has 52 valence electrons. The maximum absolute atomic E-state index is 3.97. The molecule has 2 nitrogen and oxygen atoms in total. The molecule has 0 N–H and O–H groups in total. The molecule has 0 aromatic heterocycles. The highest BCUT2D eigenvalue weighted by Gasteiger charge is 1.81. The summed E-state index contributed by atoms with van der Waals surface area (Å²) in [7, 11) is 1.80. The number of aliphatic imine (C=N–C) groups is 1. The molecule has 0 aliphatic rings. The molecule has 0 fully saturated rings. The highest BCUT2D eigenvalue weighted by atomic mass is 32.1. The average molecular weight is 144 g/mol. The maximum atomic E-state index is 3.97. The second-order valence-electron chi connectivity index (χ2n) is 1.74. The first kappa shape index (κ1) is 8.56. The Morgan fingerprint density at radius 2 is 2.44 bits per heavy atom. The number of rotatable bonds is 3. The lowest BCUT2D eigenvalue weighted by atomic mass is 10.4. The number of hydrogen-bond donors (Lipinski definition) is 1. The Morgan fingerprint density at radius 1 is 1.89 bits per heavy atom. The summed E-state index contributed by atoms with van der Waals surface area (Å²) in [6, 6.07) is 0. The van der Waals surface area contributed by atoms with Crippen LogP contribution in [0.4, 0.5) is 0 Å². The molecule has 0 amide bonds. The molecule has 0 aliphatic carbocycles. The SMILES string of the molecule is C=C(CC)N=CN(C)S. The van der Waals surface area contributed by atoms with Gasteiger partial charge in [0.2, 0.25) is 0 Å². The molecule has 0 rings (SSSR count). The fraction of sp³-hybridized carbons (Fsp3) is 0.500. The fourth-order valence-corrected chi connectivity index (χ4v) is 0.308. The first-order chi connectivity index (χ1) is 4.16. The molecule has 0 spiro atoms. The van der Waals surface area contributed by atoms with Crippen molar-refractivity contribution in [1.82, 2.24) is 4.31 Å². The van der Waals surface area contributed by atoms with E-state index in [1.54, 1.807) is 17.7 Å². The van der Waals surface area contributed by atoms with Crippen molar-refractivity contribution in [2.75, 3.05) is 7.05 Å². The summed E-state index contributed by atoms with van der Waals surface area (Å²) in [5.41, 5.74) is 0.871. The summed E-state index contributed by atoms with van der Waals surface area (Å²) in [4.78, 5) is 3.97. The average Bonchev–Trinajstić information content (AvgIpc) is 1.83. The van der Waals surface area contributed by atoms with Gasteiger partial charge in [0.15, 0.2) is 0 Å². The van der Waals surface area contributed by atoms with Gasteiger partial charge in [0.05, 0.1) is 0 Å². The van der Waals surface area contributed by atoms with E-state index < -0.39 is 0 Å². The van der Waals surface area contributed by atoms with Crippen molar-refractivity contribution < 1.29 is 0 Å². The highest BCUT2D eigenvalue weighted by Crippen LogP contribution is 1.96. The van der Waals surface area contributed by atoms with Gasteiger partial charge in [-0.05, 0) is 6.42 Å². The van der Waals surface area contributed by atoms with Crippen molar-refractivity contribution >= 4 is 19.2 Å². The Labute approximate surface area is 61.8 Å². The van der Waals surface area contributed by atoms with Crippen LogP contribution in [0, 0.1) is 0 Å². The van der Waals surface area contributed by atoms with Crippen LogP contribution in [0.15, 0.2) is 17.3 Å². The van der Waals surface area contributed by atoms with E-state index >= 15 is 0 Å². The third-order valence-corrected chi connectivity index (χ3v) is 0.919. The van der Waals surface area contributed by atoms with Crippen LogP contribution < -0.4 is 0 Å². The molecule has 0 aromatic rings. The summed E-state index contributed by atoms with van der Waals surface area (Å²) in [5.74, 6) is 0. The third kappa shape index (κ3) is 5.43. The largest absolute Gasteiger partial charge is 0.312 e. The molecule has 0 bridgehead atoms. The standard InChI is InChI=1S/C6H12N2S/c1-4-6(2)7-5-8(3)9/h5,9H,2,4H2,1,3H3. The topological polar surface area (TPSA) is 15.6 Å². The van der Waals surface area contributed by atoms with E-state index in [0.717, 1.165) is 12.1 Å². The lowest BCUT2D eigenvalue weighted by Crippen LogP contribution is -1.99. The molecular weight excluding hydrogens is 132 g/mol. The molecule has 0 aliphatic heterocycles. The van der Waals surface area contributed by atoms with Crippen LogP contribution >= 0.6 is 12.8 Å². The van der Waals surface area contributed by atoms with Crippen molar-refractivity contribution in [2.24, 2.45) is 4.99 Å². The van der Waals surface area contributed by atoms with Gasteiger partial charge in [-0.2, -0.15) is 0 Å². The maximum Gasteiger partial charge on any atom is 0.100 e. The van der Waals surface area contributed by atoms with Gasteiger partial charge in [-0.1, -0.05) is 26.3 Å². The fourth-order valence-electron chi connectivity index (χ4n) is 0.256. The van der Waals surface area contributed by atoms with E-state index in [1.807, 2.05) is 6.92 Å². The highest BCUT2D eigenvalue weighted by molar-refractivity contribution is 7.78. The number of allylic oxidation sites excluding steroid dienone is 1. The minimum atomic E-state index is 0.871. The van der Waals surface area contributed by atoms with E-state index in [1.165, 1.54) is 0 Å². The Kier molecular flexibility index (Phi) is 4.22. The molecule has 0 aromatic carbocycles. The van der Waals surface area contributed by atoms with Crippen LogP contribution in [-0.2, 0) is 0 Å². The summed E-state index contributed by atoms with van der Waals surface area (Å²) in [6.45, 7) is 5.70. The molecule has 0 saturated heterocycles. The minimum Gasteiger partial charge on any atom is -0.312 e. The Bertz CT molecular complexity index is 118. The molecule has 0 heterocycles. The minimum absolute atomic E-state index is 0.871. The molecule has 0 saturated carbocycles. The van der Waals surface area contributed by atoms with Crippen LogP contribution in [0.3, 0.4) is 0 Å². The zero-order chi connectivity index (χ0) is 7.28. The molecular formula is C6H12N2S. The lowest BCUT2D eigenvalue weighted by molar-refractivity contribution is 0.876. The van der Waals surface area contributed by atoms with E-state index in [0.29, 0.717) is 0 Å². The zero-order valence-electron chi connectivity index (χ0n) is 5.83. The second-order valence-corrected chi connectivity index (χ2v) is 2.37. The normalized spacial score (nSPS) is 10.1. The molecule has 0 radical (unpaired) electrons. The van der Waals surface area contributed by atoms with Crippen molar-refractivity contribution in [2.45, 2.75) is 13.3 Å². The van der Waals surface area contributed by atoms with Gasteiger partial charge >= 0.3 is 0 Å². The van der Waals surface area contributed by atoms with Crippen molar-refractivity contribution in [3.05, 3.63) is 12.3 Å². The van der Waals surface area contributed by atoms with Crippen molar-refractivity contribution in [1.29, 1.82) is 0 Å². The first-order valence-electron chi connectivity index (χ1n) is 2.80. The molecule has 0 atom stereocenters. The summed E-state index contributed by atoms with van der Waals surface area (Å²) in [5, 5.41) is 0. The Hall–Kier alpha value is -0.440. The predicted molar refractivity (Wildman–Crippen MR) is 44.7 cm³/mol. The van der Waals surface area contributed by atoms with Crippen molar-refractivity contribution in [3.63, 3.8) is 0 Å². The summed E-state index contributed by atoms with van der Waals surface area (Å²) < 4.78 is 1.58. The van der Waals surface area contributed by atoms with Crippen LogP contribution in [0.25, 0.3) is 0 Å². The van der Waals surface area contributed by atoms with Gasteiger partial charge in [-0.25, -0.2) is 4.99 Å². The Balaban J connectivity index is 3.57. The van der Waals surface area contributed by atoms with Gasteiger partial charge in [0.1, 0.15) is 6.34 Å². The van der Waals surface area contributed by atoms with E-state index in [9.17, 15) is 0 Å². The van der Waals surface area contributed by atoms with Crippen LogP contribution in [0.5, 0.6) is 0 Å². The van der Waals surface area contributed by atoms with Gasteiger partial charge in [-0.15, -0.1) is 0 Å². The van der Waals surface area contributed by atoms with Crippen molar-refractivity contribution in [3.8, 4) is 0 Å². The second kappa shape index (κ2) is 4.44. The summed E-state index contributed by atoms with van der Waals surface area (Å²) in [6.07, 6.45) is 2.51. The Morgan fingerprint density at radius 3 is 2.78 bits per heavy atom. The molecule has 9 heavy (non-hydrogen) atoms. The monoisotopic (exact) mass is 144 g/mol.